The minimum Gasteiger partial charge on any atom is -0.476 e. The Labute approximate surface area is 86.4 Å². The molecule has 0 unspecified atom stereocenters. The molecular formula is C10H11N3O2. The highest BCUT2D eigenvalue weighted by molar-refractivity contribution is 5.86. The molecule has 5 heteroatoms. The van der Waals surface area contributed by atoms with Crippen molar-refractivity contribution < 1.29 is 9.90 Å². The Morgan fingerprint density at radius 3 is 2.87 bits per heavy atom. The van der Waals surface area contributed by atoms with Crippen molar-refractivity contribution in [3.8, 4) is 0 Å². The van der Waals surface area contributed by atoms with Gasteiger partial charge in [-0.25, -0.2) is 14.3 Å². The van der Waals surface area contributed by atoms with Gasteiger partial charge in [-0.3, -0.25) is 0 Å². The SMILES string of the molecule is CCc1cc(C)nc2cc(C(=O)O)nn12. The van der Waals surface area contributed by atoms with Crippen LogP contribution in [0.2, 0.25) is 0 Å². The molecule has 0 bridgehead atoms. The number of aryl methyl sites for hydroxylation is 2. The van der Waals surface area contributed by atoms with Gasteiger partial charge in [-0.1, -0.05) is 6.92 Å². The van der Waals surface area contributed by atoms with Crippen molar-refractivity contribution in [2.45, 2.75) is 20.3 Å². The Balaban J connectivity index is 2.74. The van der Waals surface area contributed by atoms with Crippen LogP contribution in [0.5, 0.6) is 0 Å². The van der Waals surface area contributed by atoms with Crippen LogP contribution in [0.15, 0.2) is 12.1 Å². The fraction of sp³-hybridized carbons (Fsp3) is 0.300. The number of carboxylic acids is 1. The predicted octanol–water partition coefficient (Wildman–Crippen LogP) is 1.30. The molecule has 0 aliphatic heterocycles. The van der Waals surface area contributed by atoms with Gasteiger partial charge in [-0.2, -0.15) is 5.10 Å². The molecule has 0 fully saturated rings. The second-order valence-electron chi connectivity index (χ2n) is 3.35. The van der Waals surface area contributed by atoms with E-state index in [2.05, 4.69) is 10.1 Å². The molecule has 0 aliphatic rings. The van der Waals surface area contributed by atoms with Gasteiger partial charge in [0.25, 0.3) is 0 Å². The number of hydrogen-bond donors (Lipinski definition) is 1. The fourth-order valence-electron chi connectivity index (χ4n) is 1.53. The second kappa shape index (κ2) is 3.34. The summed E-state index contributed by atoms with van der Waals surface area (Å²) >= 11 is 0. The van der Waals surface area contributed by atoms with Crippen molar-refractivity contribution in [2.24, 2.45) is 0 Å². The van der Waals surface area contributed by atoms with Crippen LogP contribution in [-0.4, -0.2) is 25.7 Å². The molecule has 0 amide bonds. The van der Waals surface area contributed by atoms with Crippen LogP contribution in [0, 0.1) is 6.92 Å². The third-order valence-electron chi connectivity index (χ3n) is 2.21. The van der Waals surface area contributed by atoms with E-state index in [0.717, 1.165) is 17.8 Å². The van der Waals surface area contributed by atoms with Crippen molar-refractivity contribution >= 4 is 11.6 Å². The van der Waals surface area contributed by atoms with Crippen molar-refractivity contribution in [3.63, 3.8) is 0 Å². The van der Waals surface area contributed by atoms with Crippen molar-refractivity contribution in [3.05, 3.63) is 29.2 Å². The molecule has 5 nitrogen and oxygen atoms in total. The van der Waals surface area contributed by atoms with E-state index in [1.165, 1.54) is 6.07 Å². The summed E-state index contributed by atoms with van der Waals surface area (Å²) in [5.74, 6) is -1.03. The lowest BCUT2D eigenvalue weighted by Crippen LogP contribution is -2.02. The van der Waals surface area contributed by atoms with E-state index in [4.69, 9.17) is 5.11 Å². The topological polar surface area (TPSA) is 67.5 Å². The first-order valence-electron chi connectivity index (χ1n) is 4.71. The average Bonchev–Trinajstić information content (AvgIpc) is 2.59. The van der Waals surface area contributed by atoms with Crippen molar-refractivity contribution in [1.82, 2.24) is 14.6 Å². The summed E-state index contributed by atoms with van der Waals surface area (Å²) < 4.78 is 1.58. The summed E-state index contributed by atoms with van der Waals surface area (Å²) in [7, 11) is 0. The molecule has 2 aromatic heterocycles. The largest absolute Gasteiger partial charge is 0.476 e. The Hall–Kier alpha value is -1.91. The summed E-state index contributed by atoms with van der Waals surface area (Å²) in [4.78, 5) is 15.0. The lowest BCUT2D eigenvalue weighted by Gasteiger charge is -2.01. The van der Waals surface area contributed by atoms with Crippen LogP contribution >= 0.6 is 0 Å². The van der Waals surface area contributed by atoms with Gasteiger partial charge in [0.1, 0.15) is 0 Å². The molecule has 15 heavy (non-hydrogen) atoms. The maximum absolute atomic E-state index is 10.8. The number of fused-ring (bicyclic) bond motifs is 1. The molecule has 0 saturated heterocycles. The van der Waals surface area contributed by atoms with Gasteiger partial charge in [0.05, 0.1) is 0 Å². The molecule has 0 aromatic carbocycles. The molecule has 0 radical (unpaired) electrons. The van der Waals surface area contributed by atoms with Crippen LogP contribution in [0.4, 0.5) is 0 Å². The summed E-state index contributed by atoms with van der Waals surface area (Å²) in [5.41, 5.74) is 2.45. The van der Waals surface area contributed by atoms with Gasteiger partial charge in [-0.05, 0) is 19.4 Å². The Morgan fingerprint density at radius 1 is 1.53 bits per heavy atom. The van der Waals surface area contributed by atoms with E-state index in [-0.39, 0.29) is 5.69 Å². The van der Waals surface area contributed by atoms with E-state index in [9.17, 15) is 4.79 Å². The lowest BCUT2D eigenvalue weighted by molar-refractivity contribution is 0.0690. The number of rotatable bonds is 2. The van der Waals surface area contributed by atoms with E-state index >= 15 is 0 Å². The molecule has 0 saturated carbocycles. The maximum Gasteiger partial charge on any atom is 0.356 e. The average molecular weight is 205 g/mol. The third kappa shape index (κ3) is 1.56. The van der Waals surface area contributed by atoms with Gasteiger partial charge < -0.3 is 5.11 Å². The molecule has 0 aliphatic carbocycles. The van der Waals surface area contributed by atoms with Gasteiger partial charge in [0, 0.05) is 17.5 Å². The van der Waals surface area contributed by atoms with Crippen LogP contribution in [0.3, 0.4) is 0 Å². The van der Waals surface area contributed by atoms with Crippen LogP contribution < -0.4 is 0 Å². The van der Waals surface area contributed by atoms with E-state index in [1.807, 2.05) is 19.9 Å². The van der Waals surface area contributed by atoms with Crippen molar-refractivity contribution in [1.29, 1.82) is 0 Å². The highest BCUT2D eigenvalue weighted by Gasteiger charge is 2.11. The first-order valence-corrected chi connectivity index (χ1v) is 4.71. The maximum atomic E-state index is 10.8. The molecular weight excluding hydrogens is 194 g/mol. The van der Waals surface area contributed by atoms with Crippen LogP contribution in [0.1, 0.15) is 28.8 Å². The zero-order valence-electron chi connectivity index (χ0n) is 8.56. The zero-order valence-corrected chi connectivity index (χ0v) is 8.56. The van der Waals surface area contributed by atoms with Crippen LogP contribution in [-0.2, 0) is 6.42 Å². The number of aromatic carboxylic acids is 1. The standard InChI is InChI=1S/C10H11N3O2/c1-3-7-4-6(2)11-9-5-8(10(14)15)12-13(7)9/h4-5H,3H2,1-2H3,(H,14,15). The first kappa shape index (κ1) is 9.64. The highest BCUT2D eigenvalue weighted by atomic mass is 16.4. The predicted molar refractivity (Wildman–Crippen MR) is 54.1 cm³/mol. The zero-order chi connectivity index (χ0) is 11.0. The van der Waals surface area contributed by atoms with Gasteiger partial charge >= 0.3 is 5.97 Å². The Bertz CT molecular complexity index is 531. The highest BCUT2D eigenvalue weighted by Crippen LogP contribution is 2.10. The number of carboxylic acid groups (broad SMARTS) is 1. The summed E-state index contributed by atoms with van der Waals surface area (Å²) in [6, 6.07) is 3.39. The minimum atomic E-state index is -1.03. The van der Waals surface area contributed by atoms with E-state index < -0.39 is 5.97 Å². The molecule has 0 atom stereocenters. The molecule has 78 valence electrons. The Morgan fingerprint density at radius 2 is 2.27 bits per heavy atom. The van der Waals surface area contributed by atoms with Gasteiger partial charge in [0.15, 0.2) is 11.3 Å². The quantitative estimate of drug-likeness (QED) is 0.802. The molecule has 2 heterocycles. The summed E-state index contributed by atoms with van der Waals surface area (Å²) in [5, 5.41) is 12.8. The molecule has 2 aromatic rings. The second-order valence-corrected chi connectivity index (χ2v) is 3.35. The van der Waals surface area contributed by atoms with Gasteiger partial charge in [-0.15, -0.1) is 0 Å². The van der Waals surface area contributed by atoms with Gasteiger partial charge in [0.2, 0.25) is 0 Å². The van der Waals surface area contributed by atoms with E-state index in [1.54, 1.807) is 4.52 Å². The normalized spacial score (nSPS) is 10.8. The van der Waals surface area contributed by atoms with Crippen molar-refractivity contribution in [2.75, 3.05) is 0 Å². The summed E-state index contributed by atoms with van der Waals surface area (Å²) in [6.07, 6.45) is 0.792. The summed E-state index contributed by atoms with van der Waals surface area (Å²) in [6.45, 7) is 3.88. The molecule has 0 spiro atoms. The molecule has 2 rings (SSSR count). The monoisotopic (exact) mass is 205 g/mol. The lowest BCUT2D eigenvalue weighted by atomic mass is 10.3. The number of hydrogen-bond acceptors (Lipinski definition) is 3. The number of nitrogens with zero attached hydrogens (tertiary/aromatic N) is 3. The Kier molecular flexibility index (Phi) is 2.15. The molecule has 1 N–H and O–H groups in total. The number of aromatic nitrogens is 3. The third-order valence-corrected chi connectivity index (χ3v) is 2.21. The fourth-order valence-corrected chi connectivity index (χ4v) is 1.53. The van der Waals surface area contributed by atoms with Crippen LogP contribution in [0.25, 0.3) is 5.65 Å². The first-order chi connectivity index (χ1) is 7.11. The van der Waals surface area contributed by atoms with E-state index in [0.29, 0.717) is 5.65 Å². The minimum absolute atomic E-state index is 0.0304. The number of carbonyl (C=O) groups is 1. The smallest absolute Gasteiger partial charge is 0.356 e.